The minimum Gasteiger partial charge on any atom is -0.370 e. The summed E-state index contributed by atoms with van der Waals surface area (Å²) in [7, 11) is -1.48. The van der Waals surface area contributed by atoms with E-state index in [1.165, 1.54) is 6.20 Å². The Morgan fingerprint density at radius 2 is 2.25 bits per heavy atom. The van der Waals surface area contributed by atoms with Gasteiger partial charge in [-0.3, -0.25) is 0 Å². The average molecular weight is 298 g/mol. The lowest BCUT2D eigenvalue weighted by molar-refractivity contribution is 0.407. The number of anilines is 1. The molecule has 0 aromatic carbocycles. The van der Waals surface area contributed by atoms with Crippen LogP contribution in [-0.4, -0.2) is 51.0 Å². The van der Waals surface area contributed by atoms with E-state index < -0.39 is 10.0 Å². The van der Waals surface area contributed by atoms with E-state index in [0.29, 0.717) is 5.82 Å². The van der Waals surface area contributed by atoms with Crippen LogP contribution >= 0.6 is 0 Å². The summed E-state index contributed by atoms with van der Waals surface area (Å²) >= 11 is 0. The van der Waals surface area contributed by atoms with Gasteiger partial charge in [-0.1, -0.05) is 6.92 Å². The number of likely N-dealkylation sites (N-methyl/N-ethyl adjacent to an activating group) is 1. The molecule has 0 radical (unpaired) electrons. The molecule has 2 heterocycles. The van der Waals surface area contributed by atoms with Crippen LogP contribution in [0.1, 0.15) is 19.8 Å². The molecule has 112 valence electrons. The van der Waals surface area contributed by atoms with Gasteiger partial charge in [0.05, 0.1) is 0 Å². The molecule has 1 aromatic rings. The molecule has 6 nitrogen and oxygen atoms in total. The van der Waals surface area contributed by atoms with Crippen molar-refractivity contribution in [2.45, 2.75) is 30.7 Å². The van der Waals surface area contributed by atoms with E-state index in [4.69, 9.17) is 0 Å². The minimum atomic E-state index is -3.47. The van der Waals surface area contributed by atoms with Crippen LogP contribution in [0.5, 0.6) is 0 Å². The molecule has 2 N–H and O–H groups in total. The van der Waals surface area contributed by atoms with Crippen molar-refractivity contribution < 1.29 is 8.42 Å². The van der Waals surface area contributed by atoms with Gasteiger partial charge >= 0.3 is 0 Å². The maximum atomic E-state index is 12.2. The molecule has 0 spiro atoms. The second-order valence-corrected chi connectivity index (χ2v) is 6.89. The Hall–Kier alpha value is -1.18. The molecule has 1 unspecified atom stereocenters. The quantitative estimate of drug-likeness (QED) is 0.816. The molecule has 1 aliphatic heterocycles. The first-order valence-electron chi connectivity index (χ1n) is 6.92. The average Bonchev–Trinajstić information content (AvgIpc) is 2.81. The van der Waals surface area contributed by atoms with Gasteiger partial charge in [0.25, 0.3) is 0 Å². The normalized spacial score (nSPS) is 20.2. The van der Waals surface area contributed by atoms with Gasteiger partial charge in [-0.2, -0.15) is 0 Å². The Kier molecular flexibility index (Phi) is 4.95. The zero-order valence-corrected chi connectivity index (χ0v) is 12.8. The maximum Gasteiger partial charge on any atom is 0.242 e. The molecule has 2 rings (SSSR count). The zero-order chi connectivity index (χ0) is 14.6. The highest BCUT2D eigenvalue weighted by Gasteiger charge is 2.25. The van der Waals surface area contributed by atoms with Gasteiger partial charge in [-0.05, 0) is 38.6 Å². The third-order valence-electron chi connectivity index (χ3n) is 3.32. The Morgan fingerprint density at radius 1 is 1.45 bits per heavy atom. The van der Waals surface area contributed by atoms with Gasteiger partial charge in [-0.15, -0.1) is 0 Å². The predicted molar refractivity (Wildman–Crippen MR) is 79.2 cm³/mol. The van der Waals surface area contributed by atoms with E-state index in [9.17, 15) is 8.42 Å². The topological polar surface area (TPSA) is 74.3 Å². The van der Waals surface area contributed by atoms with E-state index in [1.54, 1.807) is 12.1 Å². The lowest BCUT2D eigenvalue weighted by Gasteiger charge is -2.13. The number of hydrogen-bond acceptors (Lipinski definition) is 5. The Balaban J connectivity index is 2.01. The van der Waals surface area contributed by atoms with Crippen molar-refractivity contribution in [2.75, 3.05) is 32.0 Å². The summed E-state index contributed by atoms with van der Waals surface area (Å²) in [6.45, 7) is 4.56. The van der Waals surface area contributed by atoms with Crippen LogP contribution in [0.3, 0.4) is 0 Å². The maximum absolute atomic E-state index is 12.2. The number of nitrogens with one attached hydrogen (secondary N) is 2. The largest absolute Gasteiger partial charge is 0.370 e. The van der Waals surface area contributed by atoms with E-state index in [0.717, 1.165) is 32.5 Å². The smallest absolute Gasteiger partial charge is 0.242 e. The van der Waals surface area contributed by atoms with E-state index >= 15 is 0 Å². The molecule has 1 fully saturated rings. The van der Waals surface area contributed by atoms with Crippen molar-refractivity contribution in [3.8, 4) is 0 Å². The molecule has 7 heteroatoms. The van der Waals surface area contributed by atoms with Crippen molar-refractivity contribution in [3.05, 3.63) is 18.3 Å². The van der Waals surface area contributed by atoms with E-state index in [1.807, 2.05) is 7.05 Å². The number of pyridine rings is 1. The lowest BCUT2D eigenvalue weighted by Crippen LogP contribution is -2.36. The van der Waals surface area contributed by atoms with Crippen molar-refractivity contribution in [2.24, 2.45) is 0 Å². The summed E-state index contributed by atoms with van der Waals surface area (Å²) in [6, 6.07) is 3.28. The van der Waals surface area contributed by atoms with Gasteiger partial charge in [0.1, 0.15) is 10.7 Å². The first-order chi connectivity index (χ1) is 9.51. The molecule has 1 aliphatic rings. The van der Waals surface area contributed by atoms with Crippen molar-refractivity contribution in [3.63, 3.8) is 0 Å². The fraction of sp³-hybridized carbons (Fsp3) is 0.615. The zero-order valence-electron chi connectivity index (χ0n) is 12.0. The summed E-state index contributed by atoms with van der Waals surface area (Å²) in [4.78, 5) is 6.46. The first kappa shape index (κ1) is 15.2. The van der Waals surface area contributed by atoms with Crippen LogP contribution in [0.2, 0.25) is 0 Å². The fourth-order valence-electron chi connectivity index (χ4n) is 2.22. The molecular weight excluding hydrogens is 276 g/mol. The van der Waals surface area contributed by atoms with Crippen LogP contribution in [0.15, 0.2) is 23.2 Å². The molecule has 0 aliphatic carbocycles. The monoisotopic (exact) mass is 298 g/mol. The third-order valence-corrected chi connectivity index (χ3v) is 4.82. The van der Waals surface area contributed by atoms with Gasteiger partial charge < -0.3 is 10.2 Å². The summed E-state index contributed by atoms with van der Waals surface area (Å²) in [6.07, 6.45) is 3.25. The van der Waals surface area contributed by atoms with Crippen LogP contribution in [0, 0.1) is 0 Å². The van der Waals surface area contributed by atoms with E-state index in [2.05, 4.69) is 26.8 Å². The number of aromatic nitrogens is 1. The highest BCUT2D eigenvalue weighted by Crippen LogP contribution is 2.14. The summed E-state index contributed by atoms with van der Waals surface area (Å²) < 4.78 is 27.2. The molecule has 20 heavy (non-hydrogen) atoms. The molecular formula is C13H22N4O2S. The summed E-state index contributed by atoms with van der Waals surface area (Å²) in [5, 5.41) is 3.12. The molecule has 0 amide bonds. The molecule has 1 aromatic heterocycles. The predicted octanol–water partition coefficient (Wildman–Crippen LogP) is 0.886. The highest BCUT2D eigenvalue weighted by atomic mass is 32.2. The van der Waals surface area contributed by atoms with Crippen LogP contribution in [0.25, 0.3) is 0 Å². The second-order valence-electron chi connectivity index (χ2n) is 5.18. The van der Waals surface area contributed by atoms with Crippen LogP contribution in [0.4, 0.5) is 5.82 Å². The van der Waals surface area contributed by atoms with Gasteiger partial charge in [-0.25, -0.2) is 18.1 Å². The molecule has 1 saturated heterocycles. The number of hydrogen-bond donors (Lipinski definition) is 2. The lowest BCUT2D eigenvalue weighted by atomic mass is 10.3. The highest BCUT2D eigenvalue weighted by molar-refractivity contribution is 7.89. The Bertz CT molecular complexity index is 530. The van der Waals surface area contributed by atoms with Gasteiger partial charge in [0.2, 0.25) is 10.0 Å². The minimum absolute atomic E-state index is 0.0112. The van der Waals surface area contributed by atoms with Gasteiger partial charge in [0, 0.05) is 25.3 Å². The summed E-state index contributed by atoms with van der Waals surface area (Å²) in [5.74, 6) is 0.700. The fourth-order valence-corrected chi connectivity index (χ4v) is 3.42. The molecule has 0 saturated carbocycles. The van der Waals surface area contributed by atoms with Crippen molar-refractivity contribution in [1.82, 2.24) is 14.6 Å². The third kappa shape index (κ3) is 3.91. The number of rotatable bonds is 6. The van der Waals surface area contributed by atoms with Crippen LogP contribution in [-0.2, 0) is 10.0 Å². The number of likely N-dealkylation sites (tertiary alicyclic amines) is 1. The summed E-state index contributed by atoms with van der Waals surface area (Å²) in [5.41, 5.74) is 0. The van der Waals surface area contributed by atoms with E-state index in [-0.39, 0.29) is 10.9 Å². The number of nitrogens with zero attached hydrogens (tertiary/aromatic N) is 2. The second kappa shape index (κ2) is 6.51. The standard InChI is InChI=1S/C13H22N4O2S/c1-3-7-14-13-5-4-12(9-15-13)20(18,19)16-11-6-8-17(2)10-11/h4-5,9,11,16H,3,6-8,10H2,1-2H3,(H,14,15). The van der Waals surface area contributed by atoms with Crippen molar-refractivity contribution in [1.29, 1.82) is 0 Å². The molecule has 1 atom stereocenters. The van der Waals surface area contributed by atoms with Gasteiger partial charge in [0.15, 0.2) is 0 Å². The Morgan fingerprint density at radius 3 is 2.80 bits per heavy atom. The Labute approximate surface area is 120 Å². The SMILES string of the molecule is CCCNc1ccc(S(=O)(=O)NC2CCN(C)C2)cn1. The first-order valence-corrected chi connectivity index (χ1v) is 8.40. The number of sulfonamides is 1. The molecule has 0 bridgehead atoms. The van der Waals surface area contributed by atoms with Crippen LogP contribution < -0.4 is 10.0 Å². The van der Waals surface area contributed by atoms with Crippen molar-refractivity contribution >= 4 is 15.8 Å².